The fraction of sp³-hybridized carbons (Fsp3) is 0.368. The summed E-state index contributed by atoms with van der Waals surface area (Å²) < 4.78 is 8.06. The Morgan fingerprint density at radius 2 is 1.96 bits per heavy atom. The van der Waals surface area contributed by atoms with Crippen LogP contribution in [-0.4, -0.2) is 29.2 Å². The smallest absolute Gasteiger partial charge is 0.154 e. The average molecular weight is 389 g/mol. The van der Waals surface area contributed by atoms with Crippen LogP contribution in [-0.2, 0) is 4.74 Å². The number of pyridine rings is 2. The fourth-order valence-electron chi connectivity index (χ4n) is 2.65. The Balaban J connectivity index is 1.78. The van der Waals surface area contributed by atoms with Crippen molar-refractivity contribution in [2.45, 2.75) is 38.8 Å². The largest absolute Gasteiger partial charge is 0.359 e. The highest BCUT2D eigenvalue weighted by molar-refractivity contribution is 6.76. The quantitative estimate of drug-likeness (QED) is 0.416. The van der Waals surface area contributed by atoms with Gasteiger partial charge in [-0.05, 0) is 37.2 Å². The molecule has 0 bridgehead atoms. The maximum absolute atomic E-state index is 6.41. The van der Waals surface area contributed by atoms with E-state index < -0.39 is 8.07 Å². The van der Waals surface area contributed by atoms with Crippen molar-refractivity contribution in [1.29, 1.82) is 0 Å². The van der Waals surface area contributed by atoms with Gasteiger partial charge in [0.05, 0.1) is 5.69 Å². The standard InChI is InChI=1S/C19H25ClN4OSi/c1-14(25-11-12-26(2,3)4)24-10-7-15-13-17(18(20)23-19(15)24)22-16-5-8-21-9-6-16/h5-10,13-14H,11-12H2,1-4H3,(H,21,22). The lowest BCUT2D eigenvalue weighted by atomic mass is 10.3. The van der Waals surface area contributed by atoms with Crippen LogP contribution in [0.1, 0.15) is 13.2 Å². The number of hydrogen-bond acceptors (Lipinski definition) is 4. The minimum absolute atomic E-state index is 0.0774. The third-order valence-electron chi connectivity index (χ3n) is 4.21. The number of aromatic nitrogens is 3. The van der Waals surface area contributed by atoms with Gasteiger partial charge in [-0.25, -0.2) is 4.98 Å². The molecule has 0 fully saturated rings. The van der Waals surface area contributed by atoms with Crippen LogP contribution >= 0.6 is 11.6 Å². The molecule has 0 aliphatic rings. The average Bonchev–Trinajstić information content (AvgIpc) is 2.97. The first kappa shape index (κ1) is 18.9. The molecule has 0 radical (unpaired) electrons. The SMILES string of the molecule is CC(OCC[Si](C)(C)C)n1ccc2cc(Nc3ccncc3)c(Cl)nc21. The summed E-state index contributed by atoms with van der Waals surface area (Å²) in [6, 6.07) is 8.97. The van der Waals surface area contributed by atoms with Crippen molar-refractivity contribution in [3.05, 3.63) is 48.0 Å². The maximum atomic E-state index is 6.41. The summed E-state index contributed by atoms with van der Waals surface area (Å²) in [6.07, 6.45) is 5.39. The molecule has 3 rings (SSSR count). The van der Waals surface area contributed by atoms with Crippen LogP contribution in [0, 0.1) is 0 Å². The third kappa shape index (κ3) is 4.63. The maximum Gasteiger partial charge on any atom is 0.154 e. The van der Waals surface area contributed by atoms with Crippen LogP contribution in [0.5, 0.6) is 0 Å². The molecule has 138 valence electrons. The Morgan fingerprint density at radius 1 is 1.23 bits per heavy atom. The van der Waals surface area contributed by atoms with E-state index in [9.17, 15) is 0 Å². The number of halogens is 1. The van der Waals surface area contributed by atoms with Crippen LogP contribution in [0.4, 0.5) is 11.4 Å². The summed E-state index contributed by atoms with van der Waals surface area (Å²) in [5.41, 5.74) is 2.52. The Hall–Kier alpha value is -1.89. The summed E-state index contributed by atoms with van der Waals surface area (Å²) in [5, 5.41) is 4.74. The van der Waals surface area contributed by atoms with Gasteiger partial charge in [0.1, 0.15) is 11.9 Å². The van der Waals surface area contributed by atoms with Crippen LogP contribution in [0.2, 0.25) is 30.8 Å². The molecule has 0 aromatic carbocycles. The molecule has 0 aliphatic heterocycles. The predicted octanol–water partition coefficient (Wildman–Crippen LogP) is 5.70. The first-order chi connectivity index (χ1) is 12.3. The first-order valence-corrected chi connectivity index (χ1v) is 12.9. The minimum Gasteiger partial charge on any atom is -0.359 e. The monoisotopic (exact) mass is 388 g/mol. The second-order valence-corrected chi connectivity index (χ2v) is 13.6. The second-order valence-electron chi connectivity index (χ2n) is 7.60. The molecule has 1 unspecified atom stereocenters. The zero-order chi connectivity index (χ0) is 18.7. The van der Waals surface area contributed by atoms with E-state index in [0.717, 1.165) is 35.1 Å². The van der Waals surface area contributed by atoms with Crippen molar-refractivity contribution in [2.75, 3.05) is 11.9 Å². The number of ether oxygens (including phenoxy) is 1. The summed E-state index contributed by atoms with van der Waals surface area (Å²) in [4.78, 5) is 8.61. The lowest BCUT2D eigenvalue weighted by Gasteiger charge is -2.20. The molecular weight excluding hydrogens is 364 g/mol. The van der Waals surface area contributed by atoms with E-state index in [2.05, 4.69) is 34.9 Å². The van der Waals surface area contributed by atoms with E-state index in [4.69, 9.17) is 16.3 Å². The molecule has 0 saturated heterocycles. The lowest BCUT2D eigenvalue weighted by Crippen LogP contribution is -2.22. The van der Waals surface area contributed by atoms with Gasteiger partial charge >= 0.3 is 0 Å². The molecule has 3 heterocycles. The van der Waals surface area contributed by atoms with Crippen LogP contribution in [0.15, 0.2) is 42.9 Å². The summed E-state index contributed by atoms with van der Waals surface area (Å²) in [7, 11) is -1.10. The first-order valence-electron chi connectivity index (χ1n) is 8.79. The number of rotatable bonds is 7. The molecule has 0 aliphatic carbocycles. The molecule has 0 saturated carbocycles. The topological polar surface area (TPSA) is 52.0 Å². The van der Waals surface area contributed by atoms with Gasteiger partial charge in [-0.2, -0.15) is 0 Å². The molecule has 1 N–H and O–H groups in total. The highest BCUT2D eigenvalue weighted by Gasteiger charge is 2.16. The Morgan fingerprint density at radius 3 is 2.65 bits per heavy atom. The fourth-order valence-corrected chi connectivity index (χ4v) is 3.56. The third-order valence-corrected chi connectivity index (χ3v) is 6.20. The van der Waals surface area contributed by atoms with Gasteiger partial charge in [0, 0.05) is 44.3 Å². The molecule has 1 atom stereocenters. The van der Waals surface area contributed by atoms with E-state index in [-0.39, 0.29) is 6.23 Å². The van der Waals surface area contributed by atoms with Gasteiger partial charge in [0.15, 0.2) is 5.15 Å². The van der Waals surface area contributed by atoms with Gasteiger partial charge in [0.25, 0.3) is 0 Å². The van der Waals surface area contributed by atoms with Gasteiger partial charge in [0.2, 0.25) is 0 Å². The summed E-state index contributed by atoms with van der Waals surface area (Å²) in [6.45, 7) is 9.87. The highest BCUT2D eigenvalue weighted by Crippen LogP contribution is 2.29. The molecule has 7 heteroatoms. The van der Waals surface area contributed by atoms with Crippen molar-refractivity contribution in [3.8, 4) is 0 Å². The molecular formula is C19H25ClN4OSi. The Labute approximate surface area is 160 Å². The highest BCUT2D eigenvalue weighted by atomic mass is 35.5. The van der Waals surface area contributed by atoms with Crippen LogP contribution in [0.25, 0.3) is 11.0 Å². The number of nitrogens with one attached hydrogen (secondary N) is 1. The Kier molecular flexibility index (Phi) is 5.65. The summed E-state index contributed by atoms with van der Waals surface area (Å²) >= 11 is 6.41. The van der Waals surface area contributed by atoms with Crippen molar-refractivity contribution in [3.63, 3.8) is 0 Å². The molecule has 0 amide bonds. The molecule has 3 aromatic heterocycles. The number of hydrogen-bond donors (Lipinski definition) is 1. The normalized spacial score (nSPS) is 13.1. The van der Waals surface area contributed by atoms with Crippen molar-refractivity contribution >= 4 is 42.1 Å². The van der Waals surface area contributed by atoms with Gasteiger partial charge < -0.3 is 14.6 Å². The van der Waals surface area contributed by atoms with Crippen molar-refractivity contribution < 1.29 is 4.74 Å². The zero-order valence-corrected chi connectivity index (χ0v) is 17.4. The zero-order valence-electron chi connectivity index (χ0n) is 15.7. The van der Waals surface area contributed by atoms with Crippen molar-refractivity contribution in [2.24, 2.45) is 0 Å². The van der Waals surface area contributed by atoms with E-state index in [1.807, 2.05) is 42.0 Å². The minimum atomic E-state index is -1.10. The molecule has 0 spiro atoms. The predicted molar refractivity (Wildman–Crippen MR) is 111 cm³/mol. The van der Waals surface area contributed by atoms with Gasteiger partial charge in [-0.3, -0.25) is 4.98 Å². The van der Waals surface area contributed by atoms with E-state index in [1.54, 1.807) is 12.4 Å². The van der Waals surface area contributed by atoms with Gasteiger partial charge in [-0.1, -0.05) is 31.2 Å². The Bertz CT molecular complexity index is 876. The second kappa shape index (κ2) is 7.78. The summed E-state index contributed by atoms with van der Waals surface area (Å²) in [5.74, 6) is 0. The van der Waals surface area contributed by atoms with Crippen LogP contribution < -0.4 is 5.32 Å². The van der Waals surface area contributed by atoms with E-state index in [1.165, 1.54) is 0 Å². The molecule has 5 nitrogen and oxygen atoms in total. The van der Waals surface area contributed by atoms with Gasteiger partial charge in [-0.15, -0.1) is 0 Å². The van der Waals surface area contributed by atoms with Crippen molar-refractivity contribution in [1.82, 2.24) is 14.5 Å². The van der Waals surface area contributed by atoms with E-state index in [0.29, 0.717) is 5.15 Å². The van der Waals surface area contributed by atoms with Crippen LogP contribution in [0.3, 0.4) is 0 Å². The molecule has 26 heavy (non-hydrogen) atoms. The van der Waals surface area contributed by atoms with E-state index >= 15 is 0 Å². The molecule has 3 aromatic rings. The lowest BCUT2D eigenvalue weighted by molar-refractivity contribution is 0.0272. The number of anilines is 2. The number of nitrogens with zero attached hydrogens (tertiary/aromatic N) is 3. The number of fused-ring (bicyclic) bond motifs is 1.